The van der Waals surface area contributed by atoms with E-state index in [1.165, 1.54) is 0 Å². The van der Waals surface area contributed by atoms with E-state index in [1.807, 2.05) is 4.98 Å². The minimum atomic E-state index is -4.56. The van der Waals surface area contributed by atoms with Crippen LogP contribution >= 0.6 is 0 Å². The van der Waals surface area contributed by atoms with Gasteiger partial charge in [-0.05, 0) is 6.07 Å². The summed E-state index contributed by atoms with van der Waals surface area (Å²) < 4.78 is 40.6. The molecule has 1 N–H and O–H groups in total. The highest BCUT2D eigenvalue weighted by molar-refractivity contribution is 5.90. The van der Waals surface area contributed by atoms with E-state index in [0.29, 0.717) is 0 Å². The molecular formula is C7H6F3NO2. The molecule has 0 radical (unpaired) electrons. The molecule has 1 heterocycles. The Balaban J connectivity index is 3.10. The van der Waals surface area contributed by atoms with Gasteiger partial charge in [0.25, 0.3) is 0 Å². The van der Waals surface area contributed by atoms with E-state index in [9.17, 15) is 18.0 Å². The van der Waals surface area contributed by atoms with Gasteiger partial charge in [-0.2, -0.15) is 13.2 Å². The summed E-state index contributed by atoms with van der Waals surface area (Å²) in [7, 11) is 1.02. The Labute approximate surface area is 71.5 Å². The SMILES string of the molecule is COC(=O)c1cc[nH]c1C(F)(F)F. The molecule has 6 heteroatoms. The van der Waals surface area contributed by atoms with Crippen molar-refractivity contribution in [3.8, 4) is 0 Å². The van der Waals surface area contributed by atoms with Gasteiger partial charge in [-0.25, -0.2) is 4.79 Å². The van der Waals surface area contributed by atoms with Gasteiger partial charge in [-0.1, -0.05) is 0 Å². The lowest BCUT2D eigenvalue weighted by molar-refractivity contribution is -0.141. The van der Waals surface area contributed by atoms with E-state index >= 15 is 0 Å². The van der Waals surface area contributed by atoms with Crippen molar-refractivity contribution < 1.29 is 22.7 Å². The summed E-state index contributed by atoms with van der Waals surface area (Å²) in [5, 5.41) is 0. The Kier molecular flexibility index (Phi) is 2.31. The molecule has 0 unspecified atom stereocenters. The van der Waals surface area contributed by atoms with Crippen LogP contribution in [0.1, 0.15) is 16.1 Å². The maximum atomic E-state index is 12.1. The first-order chi connectivity index (χ1) is 5.96. The van der Waals surface area contributed by atoms with Crippen LogP contribution < -0.4 is 0 Å². The predicted octanol–water partition coefficient (Wildman–Crippen LogP) is 1.82. The van der Waals surface area contributed by atoms with Crippen molar-refractivity contribution in [1.29, 1.82) is 0 Å². The number of halogens is 3. The molecule has 0 aromatic carbocycles. The second-order valence-corrected chi connectivity index (χ2v) is 2.26. The molecule has 1 rings (SSSR count). The van der Waals surface area contributed by atoms with Gasteiger partial charge in [0.05, 0.1) is 12.7 Å². The van der Waals surface area contributed by atoms with Crippen LogP contribution in [-0.4, -0.2) is 18.1 Å². The Morgan fingerprint density at radius 1 is 1.54 bits per heavy atom. The molecule has 0 saturated carbocycles. The van der Waals surface area contributed by atoms with Crippen molar-refractivity contribution in [3.63, 3.8) is 0 Å². The van der Waals surface area contributed by atoms with Crippen LogP contribution in [0.5, 0.6) is 0 Å². The van der Waals surface area contributed by atoms with Crippen molar-refractivity contribution in [2.24, 2.45) is 0 Å². The van der Waals surface area contributed by atoms with Gasteiger partial charge in [-0.3, -0.25) is 0 Å². The monoisotopic (exact) mass is 193 g/mol. The molecule has 0 aliphatic heterocycles. The number of nitrogens with one attached hydrogen (secondary N) is 1. The lowest BCUT2D eigenvalue weighted by atomic mass is 10.2. The number of alkyl halides is 3. The molecule has 0 bridgehead atoms. The Morgan fingerprint density at radius 2 is 2.15 bits per heavy atom. The molecule has 72 valence electrons. The topological polar surface area (TPSA) is 42.1 Å². The maximum Gasteiger partial charge on any atom is 0.432 e. The number of aromatic amines is 1. The number of carbonyl (C=O) groups excluding carboxylic acids is 1. The van der Waals surface area contributed by atoms with Crippen LogP contribution in [0.15, 0.2) is 12.3 Å². The molecule has 0 amide bonds. The molecule has 13 heavy (non-hydrogen) atoms. The molecule has 1 aromatic rings. The fraction of sp³-hybridized carbons (Fsp3) is 0.286. The first kappa shape index (κ1) is 9.63. The fourth-order valence-electron chi connectivity index (χ4n) is 0.884. The Morgan fingerprint density at radius 3 is 2.62 bits per heavy atom. The molecule has 0 fully saturated rings. The smallest absolute Gasteiger partial charge is 0.432 e. The lowest BCUT2D eigenvalue weighted by Crippen LogP contribution is -2.12. The summed E-state index contributed by atoms with van der Waals surface area (Å²) in [6.07, 6.45) is -3.53. The second kappa shape index (κ2) is 3.12. The molecule has 0 atom stereocenters. The number of carbonyl (C=O) groups is 1. The summed E-state index contributed by atoms with van der Waals surface area (Å²) >= 11 is 0. The van der Waals surface area contributed by atoms with Crippen molar-refractivity contribution in [2.75, 3.05) is 7.11 Å². The summed E-state index contributed by atoms with van der Waals surface area (Å²) in [5.41, 5.74) is -1.59. The first-order valence-corrected chi connectivity index (χ1v) is 3.29. The van der Waals surface area contributed by atoms with Crippen molar-refractivity contribution >= 4 is 5.97 Å². The molecule has 0 aliphatic carbocycles. The number of esters is 1. The van der Waals surface area contributed by atoms with Crippen LogP contribution in [0.3, 0.4) is 0 Å². The van der Waals surface area contributed by atoms with E-state index < -0.39 is 23.4 Å². The quantitative estimate of drug-likeness (QED) is 0.691. The van der Waals surface area contributed by atoms with E-state index in [0.717, 1.165) is 19.4 Å². The summed E-state index contributed by atoms with van der Waals surface area (Å²) in [4.78, 5) is 12.7. The number of aromatic nitrogens is 1. The van der Waals surface area contributed by atoms with Gasteiger partial charge in [0, 0.05) is 6.20 Å². The largest absolute Gasteiger partial charge is 0.465 e. The number of H-pyrrole nitrogens is 1. The standard InChI is InChI=1S/C7H6F3NO2/c1-13-6(12)4-2-3-11-5(4)7(8,9)10/h2-3,11H,1H3. The minimum Gasteiger partial charge on any atom is -0.465 e. The summed E-state index contributed by atoms with van der Waals surface area (Å²) in [6, 6.07) is 1.02. The summed E-state index contributed by atoms with van der Waals surface area (Å²) in [6.45, 7) is 0. The lowest BCUT2D eigenvalue weighted by Gasteiger charge is -2.05. The van der Waals surface area contributed by atoms with Crippen LogP contribution in [0.2, 0.25) is 0 Å². The number of hydrogen-bond acceptors (Lipinski definition) is 2. The van der Waals surface area contributed by atoms with E-state index in [4.69, 9.17) is 0 Å². The summed E-state index contributed by atoms with van der Waals surface area (Å²) in [5.74, 6) is -1.01. The molecule has 0 aliphatic rings. The van der Waals surface area contributed by atoms with Crippen LogP contribution in [0.4, 0.5) is 13.2 Å². The fourth-order valence-corrected chi connectivity index (χ4v) is 0.884. The Hall–Kier alpha value is -1.46. The second-order valence-electron chi connectivity index (χ2n) is 2.26. The van der Waals surface area contributed by atoms with Gasteiger partial charge in [-0.15, -0.1) is 0 Å². The number of rotatable bonds is 1. The highest BCUT2D eigenvalue weighted by Crippen LogP contribution is 2.30. The Bertz CT molecular complexity index is 316. The molecular weight excluding hydrogens is 187 g/mol. The molecule has 1 aromatic heterocycles. The van der Waals surface area contributed by atoms with Crippen LogP contribution in [-0.2, 0) is 10.9 Å². The zero-order chi connectivity index (χ0) is 10.1. The number of ether oxygens (including phenoxy) is 1. The van der Waals surface area contributed by atoms with Crippen LogP contribution in [0, 0.1) is 0 Å². The highest BCUT2D eigenvalue weighted by Gasteiger charge is 2.36. The third-order valence-electron chi connectivity index (χ3n) is 1.44. The minimum absolute atomic E-state index is 0.505. The zero-order valence-electron chi connectivity index (χ0n) is 6.61. The van der Waals surface area contributed by atoms with Crippen molar-refractivity contribution in [3.05, 3.63) is 23.5 Å². The average Bonchev–Trinajstić information content (AvgIpc) is 2.49. The van der Waals surface area contributed by atoms with Gasteiger partial charge in [0.2, 0.25) is 0 Å². The number of hydrogen-bond donors (Lipinski definition) is 1. The maximum absolute atomic E-state index is 12.1. The molecule has 0 spiro atoms. The van der Waals surface area contributed by atoms with Crippen LogP contribution in [0.25, 0.3) is 0 Å². The third kappa shape index (κ3) is 1.82. The molecule has 0 saturated heterocycles. The van der Waals surface area contributed by atoms with Gasteiger partial charge in [0.1, 0.15) is 5.69 Å². The predicted molar refractivity (Wildman–Crippen MR) is 37.1 cm³/mol. The van der Waals surface area contributed by atoms with E-state index in [-0.39, 0.29) is 0 Å². The van der Waals surface area contributed by atoms with E-state index in [2.05, 4.69) is 4.74 Å². The van der Waals surface area contributed by atoms with Gasteiger partial charge in [0.15, 0.2) is 0 Å². The average molecular weight is 193 g/mol. The zero-order valence-corrected chi connectivity index (χ0v) is 6.61. The van der Waals surface area contributed by atoms with Gasteiger partial charge >= 0.3 is 12.1 Å². The number of methoxy groups -OCH3 is 1. The van der Waals surface area contributed by atoms with Crippen molar-refractivity contribution in [1.82, 2.24) is 4.98 Å². The van der Waals surface area contributed by atoms with Crippen molar-refractivity contribution in [2.45, 2.75) is 6.18 Å². The molecule has 3 nitrogen and oxygen atoms in total. The normalized spacial score (nSPS) is 11.4. The van der Waals surface area contributed by atoms with E-state index in [1.54, 1.807) is 0 Å². The third-order valence-corrected chi connectivity index (χ3v) is 1.44. The highest BCUT2D eigenvalue weighted by atomic mass is 19.4. The van der Waals surface area contributed by atoms with Gasteiger partial charge < -0.3 is 9.72 Å². The first-order valence-electron chi connectivity index (χ1n) is 3.29.